The number of carbonyl (C=O) groups excluding carboxylic acids is 1. The summed E-state index contributed by atoms with van der Waals surface area (Å²) in [7, 11) is 1.95. The van der Waals surface area contributed by atoms with Gasteiger partial charge in [0.1, 0.15) is 0 Å². The Hall–Kier alpha value is -1.43. The Balaban J connectivity index is 1.74. The molecule has 116 valence electrons. The summed E-state index contributed by atoms with van der Waals surface area (Å²) in [6.07, 6.45) is 3.73. The normalized spacial score (nSPS) is 18.7. The number of anilines is 1. The third-order valence-electron chi connectivity index (χ3n) is 3.68. The van der Waals surface area contributed by atoms with E-state index in [2.05, 4.69) is 5.32 Å². The number of benzene rings is 1. The van der Waals surface area contributed by atoms with E-state index in [1.807, 2.05) is 36.2 Å². The lowest BCUT2D eigenvalue weighted by molar-refractivity contribution is -0.117. The van der Waals surface area contributed by atoms with E-state index in [9.17, 15) is 4.79 Å². The standard InChI is InChI=1S/C16H25N3O2/c1-19(11-15-4-2-3-9-21-15)12-16(20)18-14-7-5-13(10-17)6-8-14/h5-8,15H,2-4,9-12,17H2,1H3,(H,18,20). The molecule has 21 heavy (non-hydrogen) atoms. The van der Waals surface area contributed by atoms with Crippen molar-refractivity contribution >= 4 is 11.6 Å². The third kappa shape index (κ3) is 5.46. The molecule has 1 heterocycles. The predicted octanol–water partition coefficient (Wildman–Crippen LogP) is 1.58. The van der Waals surface area contributed by atoms with Gasteiger partial charge in [-0.15, -0.1) is 0 Å². The van der Waals surface area contributed by atoms with E-state index in [4.69, 9.17) is 10.5 Å². The lowest BCUT2D eigenvalue weighted by atomic mass is 10.1. The van der Waals surface area contributed by atoms with Crippen molar-refractivity contribution in [3.8, 4) is 0 Å². The Morgan fingerprint density at radius 3 is 2.76 bits per heavy atom. The van der Waals surface area contributed by atoms with Crippen LogP contribution in [-0.4, -0.2) is 43.7 Å². The molecular weight excluding hydrogens is 266 g/mol. The molecule has 1 aliphatic rings. The summed E-state index contributed by atoms with van der Waals surface area (Å²) >= 11 is 0. The smallest absolute Gasteiger partial charge is 0.238 e. The van der Waals surface area contributed by atoms with Crippen LogP contribution in [0.15, 0.2) is 24.3 Å². The van der Waals surface area contributed by atoms with Crippen molar-refractivity contribution in [2.24, 2.45) is 5.73 Å². The molecule has 5 heteroatoms. The van der Waals surface area contributed by atoms with Crippen molar-refractivity contribution in [1.29, 1.82) is 0 Å². The fourth-order valence-corrected chi connectivity index (χ4v) is 2.53. The number of nitrogens with zero attached hydrogens (tertiary/aromatic N) is 1. The molecule has 1 fully saturated rings. The molecule has 0 bridgehead atoms. The summed E-state index contributed by atoms with van der Waals surface area (Å²) in [4.78, 5) is 14.0. The van der Waals surface area contributed by atoms with Gasteiger partial charge in [0.15, 0.2) is 0 Å². The van der Waals surface area contributed by atoms with Crippen molar-refractivity contribution in [3.63, 3.8) is 0 Å². The fraction of sp³-hybridized carbons (Fsp3) is 0.562. The fourth-order valence-electron chi connectivity index (χ4n) is 2.53. The van der Waals surface area contributed by atoms with Crippen molar-refractivity contribution in [2.45, 2.75) is 31.9 Å². The minimum absolute atomic E-state index is 0.00573. The molecule has 1 saturated heterocycles. The van der Waals surface area contributed by atoms with Gasteiger partial charge in [0.05, 0.1) is 12.6 Å². The van der Waals surface area contributed by atoms with Crippen LogP contribution in [0, 0.1) is 0 Å². The monoisotopic (exact) mass is 291 g/mol. The Morgan fingerprint density at radius 1 is 1.38 bits per heavy atom. The average molecular weight is 291 g/mol. The maximum Gasteiger partial charge on any atom is 0.238 e. The highest BCUT2D eigenvalue weighted by Crippen LogP contribution is 2.13. The van der Waals surface area contributed by atoms with E-state index in [1.165, 1.54) is 6.42 Å². The average Bonchev–Trinajstić information content (AvgIpc) is 2.48. The highest BCUT2D eigenvalue weighted by molar-refractivity contribution is 5.92. The highest BCUT2D eigenvalue weighted by Gasteiger charge is 2.17. The molecule has 1 aromatic rings. The van der Waals surface area contributed by atoms with Crippen LogP contribution in [-0.2, 0) is 16.1 Å². The number of likely N-dealkylation sites (N-methyl/N-ethyl adjacent to an activating group) is 1. The first kappa shape index (κ1) is 15.9. The first-order chi connectivity index (χ1) is 10.2. The Labute approximate surface area is 126 Å². The molecule has 5 nitrogen and oxygen atoms in total. The Morgan fingerprint density at radius 2 is 2.14 bits per heavy atom. The zero-order valence-corrected chi connectivity index (χ0v) is 12.7. The highest BCUT2D eigenvalue weighted by atomic mass is 16.5. The molecule has 3 N–H and O–H groups in total. The number of rotatable bonds is 6. The SMILES string of the molecule is CN(CC(=O)Nc1ccc(CN)cc1)CC1CCCCO1. The first-order valence-electron chi connectivity index (χ1n) is 7.56. The van der Waals surface area contributed by atoms with Gasteiger partial charge in [-0.25, -0.2) is 0 Å². The summed E-state index contributed by atoms with van der Waals surface area (Å²) in [5.41, 5.74) is 7.41. The van der Waals surface area contributed by atoms with Gasteiger partial charge in [-0.05, 0) is 44.0 Å². The maximum absolute atomic E-state index is 12.0. The van der Waals surface area contributed by atoms with Crippen LogP contribution < -0.4 is 11.1 Å². The number of ether oxygens (including phenoxy) is 1. The van der Waals surface area contributed by atoms with Gasteiger partial charge >= 0.3 is 0 Å². The Bertz CT molecular complexity index is 441. The first-order valence-corrected chi connectivity index (χ1v) is 7.56. The van der Waals surface area contributed by atoms with Crippen molar-refractivity contribution < 1.29 is 9.53 Å². The maximum atomic E-state index is 12.0. The van der Waals surface area contributed by atoms with E-state index >= 15 is 0 Å². The second kappa shape index (κ2) is 8.12. The van der Waals surface area contributed by atoms with Gasteiger partial charge in [0.2, 0.25) is 5.91 Å². The van der Waals surface area contributed by atoms with Crippen LogP contribution in [0.4, 0.5) is 5.69 Å². The number of hydrogen-bond acceptors (Lipinski definition) is 4. The topological polar surface area (TPSA) is 67.6 Å². The van der Waals surface area contributed by atoms with Crippen molar-refractivity contribution in [3.05, 3.63) is 29.8 Å². The molecule has 0 aliphatic carbocycles. The van der Waals surface area contributed by atoms with E-state index in [1.54, 1.807) is 0 Å². The minimum atomic E-state index is -0.00573. The van der Waals surface area contributed by atoms with Gasteiger partial charge in [-0.1, -0.05) is 12.1 Å². The van der Waals surface area contributed by atoms with Crippen LogP contribution in [0.3, 0.4) is 0 Å². The molecule has 1 aliphatic heterocycles. The molecule has 1 unspecified atom stereocenters. The van der Waals surface area contributed by atoms with Gasteiger partial charge in [0, 0.05) is 25.4 Å². The zero-order chi connectivity index (χ0) is 15.1. The molecule has 0 spiro atoms. The molecule has 0 aromatic heterocycles. The second-order valence-electron chi connectivity index (χ2n) is 5.63. The quantitative estimate of drug-likeness (QED) is 0.835. The van der Waals surface area contributed by atoms with Crippen LogP contribution in [0.25, 0.3) is 0 Å². The van der Waals surface area contributed by atoms with E-state index in [0.29, 0.717) is 13.1 Å². The van der Waals surface area contributed by atoms with E-state index in [-0.39, 0.29) is 12.0 Å². The van der Waals surface area contributed by atoms with E-state index < -0.39 is 0 Å². The third-order valence-corrected chi connectivity index (χ3v) is 3.68. The molecule has 1 atom stereocenters. The predicted molar refractivity (Wildman–Crippen MR) is 84.1 cm³/mol. The van der Waals surface area contributed by atoms with Crippen molar-refractivity contribution in [2.75, 3.05) is 32.1 Å². The summed E-state index contributed by atoms with van der Waals surface area (Å²) in [5, 5.41) is 2.90. The van der Waals surface area contributed by atoms with Crippen LogP contribution in [0.5, 0.6) is 0 Å². The number of amides is 1. The molecule has 1 aromatic carbocycles. The van der Waals surface area contributed by atoms with Crippen molar-refractivity contribution in [1.82, 2.24) is 4.90 Å². The van der Waals surface area contributed by atoms with Gasteiger partial charge in [-0.3, -0.25) is 9.69 Å². The number of nitrogens with two attached hydrogens (primary N) is 1. The van der Waals surface area contributed by atoms with Gasteiger partial charge in [-0.2, -0.15) is 0 Å². The lowest BCUT2D eigenvalue weighted by Gasteiger charge is -2.27. The van der Waals surface area contributed by atoms with E-state index in [0.717, 1.165) is 37.2 Å². The van der Waals surface area contributed by atoms with Gasteiger partial charge < -0.3 is 15.8 Å². The summed E-state index contributed by atoms with van der Waals surface area (Å²) in [6, 6.07) is 7.61. The van der Waals surface area contributed by atoms with Crippen LogP contribution >= 0.6 is 0 Å². The number of nitrogens with one attached hydrogen (secondary N) is 1. The summed E-state index contributed by atoms with van der Waals surface area (Å²) < 4.78 is 5.69. The zero-order valence-electron chi connectivity index (χ0n) is 12.7. The number of carbonyl (C=O) groups is 1. The number of hydrogen-bond donors (Lipinski definition) is 2. The lowest BCUT2D eigenvalue weighted by Crippen LogP contribution is -2.37. The van der Waals surface area contributed by atoms with Crippen LogP contribution in [0.1, 0.15) is 24.8 Å². The van der Waals surface area contributed by atoms with Gasteiger partial charge in [0.25, 0.3) is 0 Å². The minimum Gasteiger partial charge on any atom is -0.377 e. The largest absolute Gasteiger partial charge is 0.377 e. The summed E-state index contributed by atoms with van der Waals surface area (Å²) in [5.74, 6) is -0.00573. The molecular formula is C16H25N3O2. The van der Waals surface area contributed by atoms with Crippen LogP contribution in [0.2, 0.25) is 0 Å². The summed E-state index contributed by atoms with van der Waals surface area (Å²) in [6.45, 7) is 2.54. The molecule has 1 amide bonds. The molecule has 0 saturated carbocycles. The molecule has 2 rings (SSSR count). The molecule has 0 radical (unpaired) electrons. The second-order valence-corrected chi connectivity index (χ2v) is 5.63. The Kier molecular flexibility index (Phi) is 6.17.